The SMILES string of the molecule is Cc1cc(CN(C)C2CCC2O)on1. The summed E-state index contributed by atoms with van der Waals surface area (Å²) in [6.45, 7) is 2.63. The van der Waals surface area contributed by atoms with Crippen molar-refractivity contribution >= 4 is 0 Å². The summed E-state index contributed by atoms with van der Waals surface area (Å²) >= 11 is 0. The monoisotopic (exact) mass is 196 g/mol. The van der Waals surface area contributed by atoms with Crippen molar-refractivity contribution in [3.05, 3.63) is 17.5 Å². The van der Waals surface area contributed by atoms with E-state index in [-0.39, 0.29) is 6.10 Å². The Kier molecular flexibility index (Phi) is 2.56. The number of aryl methyl sites for hydroxylation is 1. The predicted octanol–water partition coefficient (Wildman–Crippen LogP) is 0.938. The summed E-state index contributed by atoms with van der Waals surface area (Å²) in [5, 5.41) is 13.3. The molecule has 0 aromatic carbocycles. The first-order chi connectivity index (χ1) is 6.66. The van der Waals surface area contributed by atoms with Crippen LogP contribution in [0.3, 0.4) is 0 Å². The van der Waals surface area contributed by atoms with Crippen molar-refractivity contribution in [2.45, 2.75) is 38.5 Å². The van der Waals surface area contributed by atoms with Crippen LogP contribution in [0.2, 0.25) is 0 Å². The zero-order chi connectivity index (χ0) is 10.1. The van der Waals surface area contributed by atoms with E-state index in [0.717, 1.165) is 30.8 Å². The third kappa shape index (κ3) is 1.81. The van der Waals surface area contributed by atoms with E-state index in [1.54, 1.807) is 0 Å². The van der Waals surface area contributed by atoms with Crippen molar-refractivity contribution in [1.82, 2.24) is 10.1 Å². The van der Waals surface area contributed by atoms with E-state index in [4.69, 9.17) is 4.52 Å². The average molecular weight is 196 g/mol. The maximum absolute atomic E-state index is 9.47. The number of hydrogen-bond acceptors (Lipinski definition) is 4. The van der Waals surface area contributed by atoms with Gasteiger partial charge in [-0.15, -0.1) is 0 Å². The van der Waals surface area contributed by atoms with Gasteiger partial charge in [0.2, 0.25) is 0 Å². The van der Waals surface area contributed by atoms with Crippen LogP contribution in [-0.2, 0) is 6.54 Å². The van der Waals surface area contributed by atoms with Crippen LogP contribution < -0.4 is 0 Å². The third-order valence-electron chi connectivity index (χ3n) is 2.85. The van der Waals surface area contributed by atoms with Gasteiger partial charge in [0.25, 0.3) is 0 Å². The molecule has 1 fully saturated rings. The molecule has 2 unspecified atom stereocenters. The van der Waals surface area contributed by atoms with Crippen LogP contribution in [-0.4, -0.2) is 34.4 Å². The highest BCUT2D eigenvalue weighted by molar-refractivity contribution is 5.03. The standard InChI is InChI=1S/C10H16N2O2/c1-7-5-8(14-11-7)6-12(2)9-3-4-10(9)13/h5,9-10,13H,3-4,6H2,1-2H3. The van der Waals surface area contributed by atoms with Crippen LogP contribution in [0.25, 0.3) is 0 Å². The molecule has 0 bridgehead atoms. The molecule has 1 aromatic rings. The number of rotatable bonds is 3. The van der Waals surface area contributed by atoms with Gasteiger partial charge >= 0.3 is 0 Å². The predicted molar refractivity (Wildman–Crippen MR) is 51.7 cm³/mol. The Morgan fingerprint density at radius 2 is 2.43 bits per heavy atom. The zero-order valence-electron chi connectivity index (χ0n) is 8.60. The third-order valence-corrected chi connectivity index (χ3v) is 2.85. The molecule has 1 N–H and O–H groups in total. The van der Waals surface area contributed by atoms with Crippen molar-refractivity contribution in [2.75, 3.05) is 7.05 Å². The fourth-order valence-corrected chi connectivity index (χ4v) is 1.83. The second kappa shape index (κ2) is 3.71. The van der Waals surface area contributed by atoms with Crippen molar-refractivity contribution in [3.8, 4) is 0 Å². The molecule has 1 heterocycles. The Balaban J connectivity index is 1.91. The number of aliphatic hydroxyl groups is 1. The molecule has 4 heteroatoms. The van der Waals surface area contributed by atoms with Gasteiger partial charge in [-0.1, -0.05) is 5.16 Å². The minimum Gasteiger partial charge on any atom is -0.391 e. The number of nitrogens with zero attached hydrogens (tertiary/aromatic N) is 2. The first-order valence-electron chi connectivity index (χ1n) is 4.97. The van der Waals surface area contributed by atoms with E-state index in [1.165, 1.54) is 0 Å². The van der Waals surface area contributed by atoms with Crippen LogP contribution in [0.5, 0.6) is 0 Å². The minimum absolute atomic E-state index is 0.163. The second-order valence-corrected chi connectivity index (χ2v) is 4.06. The van der Waals surface area contributed by atoms with Gasteiger partial charge in [0.1, 0.15) is 0 Å². The molecule has 2 rings (SSSR count). The molecule has 0 amide bonds. The molecule has 1 aromatic heterocycles. The van der Waals surface area contributed by atoms with Crippen molar-refractivity contribution in [3.63, 3.8) is 0 Å². The van der Waals surface area contributed by atoms with Crippen molar-refractivity contribution in [1.29, 1.82) is 0 Å². The van der Waals surface area contributed by atoms with E-state index in [1.807, 2.05) is 20.0 Å². The molecule has 1 aliphatic carbocycles. The van der Waals surface area contributed by atoms with Crippen LogP contribution in [0.1, 0.15) is 24.3 Å². The second-order valence-electron chi connectivity index (χ2n) is 4.06. The molecule has 0 radical (unpaired) electrons. The molecule has 78 valence electrons. The summed E-state index contributed by atoms with van der Waals surface area (Å²) in [4.78, 5) is 2.12. The highest BCUT2D eigenvalue weighted by Crippen LogP contribution is 2.25. The molecular formula is C10H16N2O2. The fourth-order valence-electron chi connectivity index (χ4n) is 1.83. The van der Waals surface area contributed by atoms with Gasteiger partial charge in [0.15, 0.2) is 5.76 Å². The van der Waals surface area contributed by atoms with Gasteiger partial charge < -0.3 is 9.63 Å². The summed E-state index contributed by atoms with van der Waals surface area (Å²) in [6.07, 6.45) is 1.83. The largest absolute Gasteiger partial charge is 0.391 e. The van der Waals surface area contributed by atoms with Gasteiger partial charge in [-0.25, -0.2) is 0 Å². The van der Waals surface area contributed by atoms with Crippen LogP contribution in [0.15, 0.2) is 10.6 Å². The molecule has 2 atom stereocenters. The molecule has 0 aliphatic heterocycles. The lowest BCUT2D eigenvalue weighted by Gasteiger charge is -2.39. The Labute approximate surface area is 83.5 Å². The zero-order valence-corrected chi connectivity index (χ0v) is 8.60. The summed E-state index contributed by atoms with van der Waals surface area (Å²) in [6, 6.07) is 2.22. The smallest absolute Gasteiger partial charge is 0.150 e. The fraction of sp³-hybridized carbons (Fsp3) is 0.700. The van der Waals surface area contributed by atoms with Crippen molar-refractivity contribution in [2.24, 2.45) is 0 Å². The van der Waals surface area contributed by atoms with E-state index >= 15 is 0 Å². The Hall–Kier alpha value is -0.870. The van der Waals surface area contributed by atoms with Gasteiger partial charge in [-0.3, -0.25) is 4.90 Å². The molecule has 0 saturated heterocycles. The van der Waals surface area contributed by atoms with Crippen molar-refractivity contribution < 1.29 is 9.63 Å². The van der Waals surface area contributed by atoms with Crippen LogP contribution in [0.4, 0.5) is 0 Å². The van der Waals surface area contributed by atoms with E-state index < -0.39 is 0 Å². The number of hydrogen-bond donors (Lipinski definition) is 1. The molecule has 1 aliphatic rings. The molecule has 1 saturated carbocycles. The van der Waals surface area contributed by atoms with Crippen LogP contribution >= 0.6 is 0 Å². The Morgan fingerprint density at radius 1 is 1.64 bits per heavy atom. The van der Waals surface area contributed by atoms with Crippen LogP contribution in [0, 0.1) is 6.92 Å². The molecule has 14 heavy (non-hydrogen) atoms. The summed E-state index contributed by atoms with van der Waals surface area (Å²) in [7, 11) is 2.00. The van der Waals surface area contributed by atoms with Gasteiger partial charge in [0, 0.05) is 12.1 Å². The summed E-state index contributed by atoms with van der Waals surface area (Å²) in [5.41, 5.74) is 0.905. The number of aromatic nitrogens is 1. The summed E-state index contributed by atoms with van der Waals surface area (Å²) in [5.74, 6) is 0.865. The number of likely N-dealkylation sites (N-methyl/N-ethyl adjacent to an activating group) is 1. The molecule has 0 spiro atoms. The highest BCUT2D eigenvalue weighted by atomic mass is 16.5. The van der Waals surface area contributed by atoms with Gasteiger partial charge in [-0.05, 0) is 26.8 Å². The van der Waals surface area contributed by atoms with E-state index in [2.05, 4.69) is 10.1 Å². The first kappa shape index (κ1) is 9.68. The van der Waals surface area contributed by atoms with E-state index in [0.29, 0.717) is 6.04 Å². The highest BCUT2D eigenvalue weighted by Gasteiger charge is 2.32. The van der Waals surface area contributed by atoms with Gasteiger partial charge in [-0.2, -0.15) is 0 Å². The Morgan fingerprint density at radius 3 is 2.86 bits per heavy atom. The Bertz CT molecular complexity index is 311. The first-order valence-corrected chi connectivity index (χ1v) is 4.97. The lowest BCUT2D eigenvalue weighted by Crippen LogP contribution is -2.48. The minimum atomic E-state index is -0.163. The quantitative estimate of drug-likeness (QED) is 0.781. The van der Waals surface area contributed by atoms with Gasteiger partial charge in [0.05, 0.1) is 18.3 Å². The summed E-state index contributed by atoms with van der Waals surface area (Å²) < 4.78 is 5.12. The maximum atomic E-state index is 9.47. The number of aliphatic hydroxyl groups excluding tert-OH is 1. The lowest BCUT2D eigenvalue weighted by atomic mass is 9.88. The topological polar surface area (TPSA) is 49.5 Å². The van der Waals surface area contributed by atoms with E-state index in [9.17, 15) is 5.11 Å². The maximum Gasteiger partial charge on any atom is 0.150 e. The lowest BCUT2D eigenvalue weighted by molar-refractivity contribution is -0.0156. The molecule has 4 nitrogen and oxygen atoms in total. The average Bonchev–Trinajstić information content (AvgIpc) is 2.48. The molecular weight excluding hydrogens is 180 g/mol. The normalized spacial score (nSPS) is 26.6.